The third-order valence-electron chi connectivity index (χ3n) is 4.36. The van der Waals surface area contributed by atoms with Gasteiger partial charge in [-0.15, -0.1) is 0 Å². The fraction of sp³-hybridized carbons (Fsp3) is 0.350. The number of benzene rings is 2. The predicted molar refractivity (Wildman–Crippen MR) is 92.4 cm³/mol. The average Bonchev–Trinajstić information content (AvgIpc) is 3.13. The maximum Gasteiger partial charge on any atom is 0.253 e. The summed E-state index contributed by atoms with van der Waals surface area (Å²) in [5.74, 6) is 0.0858. The summed E-state index contributed by atoms with van der Waals surface area (Å²) in [6.45, 7) is 4.24. The normalized spacial score (nSPS) is 17.2. The van der Waals surface area contributed by atoms with Crippen molar-refractivity contribution in [3.8, 4) is 11.1 Å². The van der Waals surface area contributed by atoms with Gasteiger partial charge in [0.1, 0.15) is 0 Å². The molecule has 1 aliphatic heterocycles. The number of hydrogen-bond acceptors (Lipinski definition) is 2. The molecule has 0 saturated carbocycles. The number of carbonyl (C=O) groups is 1. The van der Waals surface area contributed by atoms with Crippen molar-refractivity contribution in [1.29, 1.82) is 0 Å². The van der Waals surface area contributed by atoms with Gasteiger partial charge >= 0.3 is 0 Å². The Labute approximate surface area is 137 Å². The number of likely N-dealkylation sites (N-methyl/N-ethyl adjacent to an activating group) is 1. The van der Waals surface area contributed by atoms with Crippen molar-refractivity contribution in [3.05, 3.63) is 60.2 Å². The van der Waals surface area contributed by atoms with Gasteiger partial charge in [-0.1, -0.05) is 42.5 Å². The fourth-order valence-corrected chi connectivity index (χ4v) is 3.01. The van der Waals surface area contributed by atoms with E-state index in [-0.39, 0.29) is 12.0 Å². The lowest BCUT2D eigenvalue weighted by atomic mass is 10.0. The third-order valence-corrected chi connectivity index (χ3v) is 4.36. The molecule has 3 heteroatoms. The molecule has 1 aliphatic rings. The van der Waals surface area contributed by atoms with Gasteiger partial charge in [-0.2, -0.15) is 0 Å². The third kappa shape index (κ3) is 3.80. The second-order valence-electron chi connectivity index (χ2n) is 5.92. The molecule has 3 rings (SSSR count). The van der Waals surface area contributed by atoms with Crippen LogP contribution < -0.4 is 0 Å². The second-order valence-corrected chi connectivity index (χ2v) is 5.92. The van der Waals surface area contributed by atoms with Crippen molar-refractivity contribution in [2.75, 3.05) is 19.7 Å². The summed E-state index contributed by atoms with van der Waals surface area (Å²) in [6, 6.07) is 18.1. The monoisotopic (exact) mass is 309 g/mol. The molecule has 1 saturated heterocycles. The zero-order valence-corrected chi connectivity index (χ0v) is 13.6. The van der Waals surface area contributed by atoms with E-state index in [0.29, 0.717) is 13.1 Å². The van der Waals surface area contributed by atoms with Gasteiger partial charge in [0.2, 0.25) is 0 Å². The molecule has 2 aromatic carbocycles. The molecule has 23 heavy (non-hydrogen) atoms. The maximum atomic E-state index is 12.7. The lowest BCUT2D eigenvalue weighted by molar-refractivity contribution is 0.0539. The fourth-order valence-electron chi connectivity index (χ4n) is 3.01. The molecule has 3 nitrogen and oxygen atoms in total. The summed E-state index contributed by atoms with van der Waals surface area (Å²) in [5, 5.41) is 0. The summed E-state index contributed by atoms with van der Waals surface area (Å²) in [7, 11) is 0. The van der Waals surface area contributed by atoms with Crippen LogP contribution in [0.4, 0.5) is 0 Å². The van der Waals surface area contributed by atoms with Crippen LogP contribution >= 0.6 is 0 Å². The van der Waals surface area contributed by atoms with Gasteiger partial charge in [-0.25, -0.2) is 0 Å². The number of amides is 1. The Hall–Kier alpha value is -2.13. The zero-order valence-electron chi connectivity index (χ0n) is 13.6. The molecule has 1 atom stereocenters. The highest BCUT2D eigenvalue weighted by atomic mass is 16.5. The molecule has 0 spiro atoms. The first-order valence-electron chi connectivity index (χ1n) is 8.34. The largest absolute Gasteiger partial charge is 0.376 e. The number of hydrogen-bond donors (Lipinski definition) is 0. The van der Waals surface area contributed by atoms with Crippen LogP contribution in [-0.2, 0) is 4.74 Å². The van der Waals surface area contributed by atoms with E-state index in [9.17, 15) is 4.79 Å². The molecule has 1 heterocycles. The Morgan fingerprint density at radius 3 is 2.39 bits per heavy atom. The van der Waals surface area contributed by atoms with Gasteiger partial charge in [0.15, 0.2) is 0 Å². The Balaban J connectivity index is 1.71. The van der Waals surface area contributed by atoms with Crippen LogP contribution in [0.1, 0.15) is 30.1 Å². The molecule has 2 aromatic rings. The molecule has 120 valence electrons. The van der Waals surface area contributed by atoms with Crippen molar-refractivity contribution in [1.82, 2.24) is 4.90 Å². The van der Waals surface area contributed by atoms with Crippen molar-refractivity contribution in [3.63, 3.8) is 0 Å². The second kappa shape index (κ2) is 7.42. The lowest BCUT2D eigenvalue weighted by Crippen LogP contribution is -2.37. The highest BCUT2D eigenvalue weighted by Crippen LogP contribution is 2.20. The lowest BCUT2D eigenvalue weighted by Gasteiger charge is -2.24. The highest BCUT2D eigenvalue weighted by molar-refractivity contribution is 5.94. The molecule has 0 aromatic heterocycles. The number of ether oxygens (including phenoxy) is 1. The molecular weight excluding hydrogens is 286 g/mol. The first kappa shape index (κ1) is 15.8. The molecule has 1 unspecified atom stereocenters. The van der Waals surface area contributed by atoms with Crippen LogP contribution in [0.25, 0.3) is 11.1 Å². The molecule has 0 aliphatic carbocycles. The summed E-state index contributed by atoms with van der Waals surface area (Å²) in [4.78, 5) is 14.6. The van der Waals surface area contributed by atoms with Crippen LogP contribution in [0.5, 0.6) is 0 Å². The molecule has 0 N–H and O–H groups in total. The van der Waals surface area contributed by atoms with E-state index in [2.05, 4.69) is 12.1 Å². The molecule has 0 radical (unpaired) electrons. The van der Waals surface area contributed by atoms with Gasteiger partial charge in [0, 0.05) is 25.3 Å². The smallest absolute Gasteiger partial charge is 0.253 e. The van der Waals surface area contributed by atoms with E-state index in [1.807, 2.05) is 54.3 Å². The topological polar surface area (TPSA) is 29.5 Å². The molecule has 1 fully saturated rings. The van der Waals surface area contributed by atoms with Gasteiger partial charge in [-0.3, -0.25) is 4.79 Å². The summed E-state index contributed by atoms with van der Waals surface area (Å²) < 4.78 is 5.65. The van der Waals surface area contributed by atoms with E-state index in [4.69, 9.17) is 4.74 Å². The number of carbonyl (C=O) groups excluding carboxylic acids is 1. The van der Waals surface area contributed by atoms with Crippen LogP contribution in [0.3, 0.4) is 0 Å². The minimum Gasteiger partial charge on any atom is -0.376 e. The minimum absolute atomic E-state index is 0.0858. The van der Waals surface area contributed by atoms with Crippen molar-refractivity contribution in [2.24, 2.45) is 0 Å². The first-order valence-corrected chi connectivity index (χ1v) is 8.34. The predicted octanol–water partition coefficient (Wildman–Crippen LogP) is 3.99. The summed E-state index contributed by atoms with van der Waals surface area (Å²) in [5.41, 5.74) is 3.03. The first-order chi connectivity index (χ1) is 11.3. The van der Waals surface area contributed by atoms with E-state index in [0.717, 1.165) is 30.6 Å². The van der Waals surface area contributed by atoms with Gasteiger partial charge < -0.3 is 9.64 Å². The van der Waals surface area contributed by atoms with Crippen LogP contribution in [0, 0.1) is 0 Å². The highest BCUT2D eigenvalue weighted by Gasteiger charge is 2.22. The van der Waals surface area contributed by atoms with Crippen LogP contribution in [-0.4, -0.2) is 36.6 Å². The van der Waals surface area contributed by atoms with Crippen molar-refractivity contribution in [2.45, 2.75) is 25.9 Å². The van der Waals surface area contributed by atoms with Crippen LogP contribution in [0.2, 0.25) is 0 Å². The minimum atomic E-state index is 0.0858. The number of nitrogens with zero attached hydrogens (tertiary/aromatic N) is 1. The van der Waals surface area contributed by atoms with E-state index in [1.54, 1.807) is 0 Å². The Kier molecular flexibility index (Phi) is 5.09. The van der Waals surface area contributed by atoms with Gasteiger partial charge in [0.05, 0.1) is 6.10 Å². The molecular formula is C20H23NO2. The number of rotatable bonds is 5. The Morgan fingerprint density at radius 2 is 1.78 bits per heavy atom. The molecule has 0 bridgehead atoms. The average molecular weight is 309 g/mol. The van der Waals surface area contributed by atoms with Gasteiger partial charge in [0.25, 0.3) is 5.91 Å². The Morgan fingerprint density at radius 1 is 1.09 bits per heavy atom. The van der Waals surface area contributed by atoms with Crippen molar-refractivity contribution < 1.29 is 9.53 Å². The summed E-state index contributed by atoms with van der Waals surface area (Å²) in [6.07, 6.45) is 2.35. The van der Waals surface area contributed by atoms with E-state index in [1.165, 1.54) is 5.56 Å². The van der Waals surface area contributed by atoms with Crippen molar-refractivity contribution >= 4 is 5.91 Å². The SMILES string of the molecule is CCN(CC1CCCO1)C(=O)c1ccc(-c2ccccc2)cc1. The standard InChI is InChI=1S/C20H23NO2/c1-2-21(15-19-9-6-14-23-19)20(22)18-12-10-17(11-13-18)16-7-4-3-5-8-16/h3-5,7-8,10-13,19H,2,6,9,14-15H2,1H3. The van der Waals surface area contributed by atoms with E-state index < -0.39 is 0 Å². The maximum absolute atomic E-state index is 12.7. The van der Waals surface area contributed by atoms with Crippen LogP contribution in [0.15, 0.2) is 54.6 Å². The quantitative estimate of drug-likeness (QED) is 0.835. The summed E-state index contributed by atoms with van der Waals surface area (Å²) >= 11 is 0. The Bertz CT molecular complexity index is 630. The van der Waals surface area contributed by atoms with Gasteiger partial charge in [-0.05, 0) is 43.0 Å². The van der Waals surface area contributed by atoms with E-state index >= 15 is 0 Å². The molecule has 1 amide bonds. The zero-order chi connectivity index (χ0) is 16.1.